The van der Waals surface area contributed by atoms with Crippen LogP contribution in [0.1, 0.15) is 36.6 Å². The molecule has 0 saturated heterocycles. The first-order valence-electron chi connectivity index (χ1n) is 8.22. The molecular weight excluding hydrogens is 348 g/mol. The Morgan fingerprint density at radius 1 is 1.30 bits per heavy atom. The molecule has 0 bridgehead atoms. The van der Waals surface area contributed by atoms with Crippen LogP contribution in [0.5, 0.6) is 11.5 Å². The van der Waals surface area contributed by atoms with Crippen LogP contribution in [0.3, 0.4) is 0 Å². The minimum Gasteiger partial charge on any atom is -0.465 e. The van der Waals surface area contributed by atoms with Crippen LogP contribution < -0.4 is 15.2 Å². The van der Waals surface area contributed by atoms with Gasteiger partial charge >= 0.3 is 5.97 Å². The highest BCUT2D eigenvalue weighted by molar-refractivity contribution is 5.86. The second kappa shape index (κ2) is 7.22. The number of hydrogen-bond acceptors (Lipinski definition) is 8. The van der Waals surface area contributed by atoms with E-state index < -0.39 is 11.9 Å². The van der Waals surface area contributed by atoms with E-state index in [9.17, 15) is 15.3 Å². The molecular formula is C19H16N4O4. The van der Waals surface area contributed by atoms with Gasteiger partial charge in [0, 0.05) is 5.56 Å². The van der Waals surface area contributed by atoms with Gasteiger partial charge in [-0.1, -0.05) is 6.07 Å². The van der Waals surface area contributed by atoms with Gasteiger partial charge in [0.15, 0.2) is 11.5 Å². The number of fused-ring (bicyclic) bond motifs is 1. The Labute approximate surface area is 155 Å². The minimum atomic E-state index is -0.817. The zero-order valence-electron chi connectivity index (χ0n) is 14.8. The molecule has 0 spiro atoms. The number of pyridine rings is 1. The summed E-state index contributed by atoms with van der Waals surface area (Å²) < 4.78 is 15.7. The van der Waals surface area contributed by atoms with Crippen molar-refractivity contribution in [2.45, 2.75) is 19.8 Å². The molecule has 2 heterocycles. The Morgan fingerprint density at radius 3 is 2.67 bits per heavy atom. The molecule has 1 aromatic heterocycles. The van der Waals surface area contributed by atoms with Gasteiger partial charge in [-0.05, 0) is 31.5 Å². The standard InChI is InChI=1S/C19H16N4O4/c1-3-25-19(24)10(2)17-12(7-20)16(13(8-21)18(22)23-17)11-4-5-14-15(6-11)27-9-26-14/h4-6,10H,3,9H2,1-2H3,(H2,22,23). The van der Waals surface area contributed by atoms with Gasteiger partial charge in [0.2, 0.25) is 6.79 Å². The molecule has 1 unspecified atom stereocenters. The highest BCUT2D eigenvalue weighted by Gasteiger charge is 2.28. The lowest BCUT2D eigenvalue weighted by Gasteiger charge is -2.17. The van der Waals surface area contributed by atoms with Crippen molar-refractivity contribution in [2.75, 3.05) is 19.1 Å². The zero-order valence-corrected chi connectivity index (χ0v) is 14.8. The highest BCUT2D eigenvalue weighted by atomic mass is 16.7. The van der Waals surface area contributed by atoms with Crippen LogP contribution in [-0.2, 0) is 9.53 Å². The number of carbonyl (C=O) groups excluding carboxylic acids is 1. The first kappa shape index (κ1) is 18.0. The third-order valence-electron chi connectivity index (χ3n) is 4.19. The molecule has 27 heavy (non-hydrogen) atoms. The highest BCUT2D eigenvalue weighted by Crippen LogP contribution is 2.40. The average molecular weight is 364 g/mol. The molecule has 1 aliphatic heterocycles. The largest absolute Gasteiger partial charge is 0.465 e. The predicted molar refractivity (Wildman–Crippen MR) is 94.7 cm³/mol. The molecule has 1 aromatic carbocycles. The molecule has 3 rings (SSSR count). The monoisotopic (exact) mass is 364 g/mol. The van der Waals surface area contributed by atoms with Gasteiger partial charge < -0.3 is 19.9 Å². The molecule has 8 heteroatoms. The van der Waals surface area contributed by atoms with E-state index in [-0.39, 0.29) is 36.0 Å². The van der Waals surface area contributed by atoms with E-state index in [0.29, 0.717) is 22.6 Å². The second-order valence-corrected chi connectivity index (χ2v) is 5.77. The lowest BCUT2D eigenvalue weighted by molar-refractivity contribution is -0.144. The van der Waals surface area contributed by atoms with Crippen molar-refractivity contribution in [3.8, 4) is 34.8 Å². The summed E-state index contributed by atoms with van der Waals surface area (Å²) in [5.74, 6) is -0.339. The third kappa shape index (κ3) is 3.09. The van der Waals surface area contributed by atoms with Crippen molar-refractivity contribution in [1.29, 1.82) is 10.5 Å². The molecule has 1 atom stereocenters. The normalized spacial score (nSPS) is 12.7. The van der Waals surface area contributed by atoms with Gasteiger partial charge in [-0.25, -0.2) is 4.98 Å². The molecule has 136 valence electrons. The molecule has 0 fully saturated rings. The third-order valence-corrected chi connectivity index (χ3v) is 4.19. The van der Waals surface area contributed by atoms with Gasteiger partial charge in [-0.2, -0.15) is 10.5 Å². The van der Waals surface area contributed by atoms with Crippen LogP contribution in [-0.4, -0.2) is 24.4 Å². The number of aromatic nitrogens is 1. The number of carbonyl (C=O) groups is 1. The summed E-state index contributed by atoms with van der Waals surface area (Å²) in [7, 11) is 0. The van der Waals surface area contributed by atoms with Crippen LogP contribution in [0.25, 0.3) is 11.1 Å². The SMILES string of the molecule is CCOC(=O)C(C)c1nc(N)c(C#N)c(-c2ccc3c(c2)OCO3)c1C#N. The molecule has 0 amide bonds. The van der Waals surface area contributed by atoms with E-state index in [1.807, 2.05) is 6.07 Å². The van der Waals surface area contributed by atoms with Crippen LogP contribution in [0, 0.1) is 22.7 Å². The van der Waals surface area contributed by atoms with E-state index in [0.717, 1.165) is 0 Å². The number of nitrogens with zero attached hydrogens (tertiary/aromatic N) is 3. The van der Waals surface area contributed by atoms with Crippen molar-refractivity contribution < 1.29 is 19.0 Å². The van der Waals surface area contributed by atoms with Crippen LogP contribution in [0.15, 0.2) is 18.2 Å². The average Bonchev–Trinajstić information content (AvgIpc) is 3.14. The van der Waals surface area contributed by atoms with Crippen molar-refractivity contribution >= 4 is 11.8 Å². The van der Waals surface area contributed by atoms with E-state index >= 15 is 0 Å². The first-order valence-corrected chi connectivity index (χ1v) is 8.22. The Bertz CT molecular complexity index is 1000. The Morgan fingerprint density at radius 2 is 2.00 bits per heavy atom. The fraction of sp³-hybridized carbons (Fsp3) is 0.263. The molecule has 0 radical (unpaired) electrons. The number of anilines is 1. The van der Waals surface area contributed by atoms with Crippen molar-refractivity contribution in [2.24, 2.45) is 0 Å². The predicted octanol–water partition coefficient (Wildman–Crippen LogP) is 2.47. The fourth-order valence-corrected chi connectivity index (χ4v) is 2.88. The number of esters is 1. The van der Waals surface area contributed by atoms with Gasteiger partial charge in [-0.3, -0.25) is 4.79 Å². The Kier molecular flexibility index (Phi) is 4.82. The summed E-state index contributed by atoms with van der Waals surface area (Å²) >= 11 is 0. The summed E-state index contributed by atoms with van der Waals surface area (Å²) in [6.07, 6.45) is 0. The van der Waals surface area contributed by atoms with E-state index in [1.54, 1.807) is 32.0 Å². The maximum absolute atomic E-state index is 12.2. The maximum atomic E-state index is 12.2. The van der Waals surface area contributed by atoms with E-state index in [1.165, 1.54) is 0 Å². The topological polar surface area (TPSA) is 131 Å². The number of nitriles is 2. The number of hydrogen-bond donors (Lipinski definition) is 1. The van der Waals surface area contributed by atoms with Gasteiger partial charge in [0.1, 0.15) is 23.5 Å². The molecule has 0 aliphatic carbocycles. The van der Waals surface area contributed by atoms with E-state index in [2.05, 4.69) is 11.1 Å². The quantitative estimate of drug-likeness (QED) is 0.818. The maximum Gasteiger partial charge on any atom is 0.314 e. The van der Waals surface area contributed by atoms with Crippen molar-refractivity contribution in [3.63, 3.8) is 0 Å². The van der Waals surface area contributed by atoms with Crippen molar-refractivity contribution in [3.05, 3.63) is 35.0 Å². The van der Waals surface area contributed by atoms with E-state index in [4.69, 9.17) is 19.9 Å². The summed E-state index contributed by atoms with van der Waals surface area (Å²) in [6, 6.07) is 9.11. The Balaban J connectivity index is 2.25. The molecule has 2 N–H and O–H groups in total. The summed E-state index contributed by atoms with van der Waals surface area (Å²) in [6.45, 7) is 3.56. The second-order valence-electron chi connectivity index (χ2n) is 5.77. The molecule has 1 aliphatic rings. The van der Waals surface area contributed by atoms with Crippen LogP contribution in [0.2, 0.25) is 0 Å². The zero-order chi connectivity index (χ0) is 19.6. The van der Waals surface area contributed by atoms with Gasteiger partial charge in [-0.15, -0.1) is 0 Å². The summed E-state index contributed by atoms with van der Waals surface area (Å²) in [5, 5.41) is 19.3. The first-order chi connectivity index (χ1) is 13.0. The number of nitrogen functional groups attached to an aromatic ring is 1. The fourth-order valence-electron chi connectivity index (χ4n) is 2.88. The lowest BCUT2D eigenvalue weighted by atomic mass is 9.91. The van der Waals surface area contributed by atoms with Gasteiger partial charge in [0.25, 0.3) is 0 Å². The number of benzene rings is 1. The lowest BCUT2D eigenvalue weighted by Crippen LogP contribution is -2.17. The van der Waals surface area contributed by atoms with Crippen LogP contribution >= 0.6 is 0 Å². The van der Waals surface area contributed by atoms with Crippen LogP contribution in [0.4, 0.5) is 5.82 Å². The summed E-state index contributed by atoms with van der Waals surface area (Å²) in [5.41, 5.74) is 7.14. The molecule has 2 aromatic rings. The van der Waals surface area contributed by atoms with Gasteiger partial charge in [0.05, 0.1) is 23.8 Å². The number of ether oxygens (including phenoxy) is 3. The minimum absolute atomic E-state index is 0.0599. The number of nitrogens with two attached hydrogens (primary N) is 1. The molecule has 0 saturated carbocycles. The molecule has 8 nitrogen and oxygen atoms in total. The smallest absolute Gasteiger partial charge is 0.314 e. The Hall–Kier alpha value is -3.78. The van der Waals surface area contributed by atoms with Crippen molar-refractivity contribution in [1.82, 2.24) is 4.98 Å². The number of rotatable bonds is 4. The summed E-state index contributed by atoms with van der Waals surface area (Å²) in [4.78, 5) is 16.3.